The first-order valence-corrected chi connectivity index (χ1v) is 6.31. The molecule has 96 valence electrons. The van der Waals surface area contributed by atoms with Crippen molar-refractivity contribution in [2.75, 3.05) is 6.61 Å². The predicted molar refractivity (Wildman–Crippen MR) is 69.5 cm³/mol. The molecule has 0 aliphatic rings. The maximum atomic E-state index is 13.1. The summed E-state index contributed by atoms with van der Waals surface area (Å²) in [7, 11) is 0. The summed E-state index contributed by atoms with van der Waals surface area (Å²) in [6.45, 7) is 0.352. The maximum Gasteiger partial charge on any atom is 0.123 e. The lowest BCUT2D eigenvalue weighted by molar-refractivity contribution is 0.225. The van der Waals surface area contributed by atoms with Gasteiger partial charge < -0.3 is 14.8 Å². The third kappa shape index (κ3) is 3.19. The van der Waals surface area contributed by atoms with Gasteiger partial charge in [-0.25, -0.2) is 4.39 Å². The molecule has 1 heterocycles. The molecule has 0 saturated carbocycles. The monoisotopic (exact) mass is 313 g/mol. The molecule has 5 heteroatoms. The van der Waals surface area contributed by atoms with E-state index in [1.807, 2.05) is 0 Å². The van der Waals surface area contributed by atoms with Gasteiger partial charge in [0.05, 0.1) is 18.9 Å². The average Bonchev–Trinajstić information content (AvgIpc) is 2.88. The molecule has 0 unspecified atom stereocenters. The van der Waals surface area contributed by atoms with Gasteiger partial charge in [0.2, 0.25) is 0 Å². The first-order chi connectivity index (χ1) is 8.70. The SMILES string of the molecule is OC[C@@H](NCc1cc(F)ccc1Br)c1ccco1. The zero-order valence-electron chi connectivity index (χ0n) is 9.57. The Bertz CT molecular complexity index is 502. The van der Waals surface area contributed by atoms with Gasteiger partial charge >= 0.3 is 0 Å². The zero-order chi connectivity index (χ0) is 13.0. The van der Waals surface area contributed by atoms with Crippen molar-refractivity contribution in [2.45, 2.75) is 12.6 Å². The van der Waals surface area contributed by atoms with Crippen LogP contribution in [0.2, 0.25) is 0 Å². The Morgan fingerprint density at radius 1 is 1.39 bits per heavy atom. The largest absolute Gasteiger partial charge is 0.468 e. The van der Waals surface area contributed by atoms with Crippen molar-refractivity contribution < 1.29 is 13.9 Å². The van der Waals surface area contributed by atoms with E-state index in [0.29, 0.717) is 12.3 Å². The molecule has 1 atom stereocenters. The van der Waals surface area contributed by atoms with Gasteiger partial charge in [0.25, 0.3) is 0 Å². The van der Waals surface area contributed by atoms with Crippen molar-refractivity contribution >= 4 is 15.9 Å². The highest BCUT2D eigenvalue weighted by Crippen LogP contribution is 2.19. The lowest BCUT2D eigenvalue weighted by Crippen LogP contribution is -2.23. The Balaban J connectivity index is 2.04. The summed E-state index contributed by atoms with van der Waals surface area (Å²) in [6, 6.07) is 7.76. The van der Waals surface area contributed by atoms with Crippen LogP contribution in [-0.2, 0) is 6.54 Å². The number of aliphatic hydroxyl groups excluding tert-OH is 1. The van der Waals surface area contributed by atoms with Gasteiger partial charge in [-0.05, 0) is 35.9 Å². The summed E-state index contributed by atoms with van der Waals surface area (Å²) in [6.07, 6.45) is 1.55. The Hall–Kier alpha value is -1.17. The minimum absolute atomic E-state index is 0.0829. The summed E-state index contributed by atoms with van der Waals surface area (Å²) < 4.78 is 19.2. The van der Waals surface area contributed by atoms with Gasteiger partial charge in [0.1, 0.15) is 11.6 Å². The second-order valence-electron chi connectivity index (χ2n) is 3.87. The topological polar surface area (TPSA) is 45.4 Å². The number of hydrogen-bond acceptors (Lipinski definition) is 3. The third-order valence-electron chi connectivity index (χ3n) is 2.62. The summed E-state index contributed by atoms with van der Waals surface area (Å²) in [5, 5.41) is 12.4. The van der Waals surface area contributed by atoms with Crippen LogP contribution in [0.15, 0.2) is 45.5 Å². The van der Waals surface area contributed by atoms with Crippen LogP contribution in [0, 0.1) is 5.82 Å². The van der Waals surface area contributed by atoms with E-state index in [2.05, 4.69) is 21.2 Å². The van der Waals surface area contributed by atoms with Gasteiger partial charge in [0, 0.05) is 11.0 Å². The molecular formula is C13H13BrFNO2. The number of benzene rings is 1. The summed E-state index contributed by atoms with van der Waals surface area (Å²) in [5.74, 6) is 0.374. The number of halogens is 2. The van der Waals surface area contributed by atoms with Crippen LogP contribution in [0.1, 0.15) is 17.4 Å². The lowest BCUT2D eigenvalue weighted by atomic mass is 10.2. The van der Waals surface area contributed by atoms with E-state index in [1.54, 1.807) is 24.5 Å². The standard InChI is InChI=1S/C13H13BrFNO2/c14-11-4-3-10(15)6-9(11)7-16-12(8-17)13-2-1-5-18-13/h1-6,12,16-17H,7-8H2/t12-/m1/s1. The first kappa shape index (κ1) is 13.3. The van der Waals surface area contributed by atoms with Gasteiger partial charge in [0.15, 0.2) is 0 Å². The molecule has 0 aliphatic heterocycles. The van der Waals surface area contributed by atoms with Crippen LogP contribution in [-0.4, -0.2) is 11.7 Å². The highest BCUT2D eigenvalue weighted by atomic mass is 79.9. The van der Waals surface area contributed by atoms with E-state index in [0.717, 1.165) is 10.0 Å². The summed E-state index contributed by atoms with van der Waals surface area (Å²) in [4.78, 5) is 0. The normalized spacial score (nSPS) is 12.6. The quantitative estimate of drug-likeness (QED) is 0.892. The van der Waals surface area contributed by atoms with Crippen LogP contribution >= 0.6 is 15.9 Å². The van der Waals surface area contributed by atoms with E-state index in [9.17, 15) is 9.50 Å². The van der Waals surface area contributed by atoms with Crippen LogP contribution in [0.4, 0.5) is 4.39 Å². The first-order valence-electron chi connectivity index (χ1n) is 5.52. The summed E-state index contributed by atoms with van der Waals surface area (Å²) >= 11 is 3.36. The highest BCUT2D eigenvalue weighted by Gasteiger charge is 2.13. The molecule has 1 aromatic heterocycles. The van der Waals surface area contributed by atoms with Crippen LogP contribution in [0.3, 0.4) is 0 Å². The molecule has 0 fully saturated rings. The fourth-order valence-electron chi connectivity index (χ4n) is 1.66. The minimum atomic E-state index is -0.296. The number of aliphatic hydroxyl groups is 1. The molecule has 2 N–H and O–H groups in total. The Morgan fingerprint density at radius 3 is 2.89 bits per heavy atom. The molecule has 3 nitrogen and oxygen atoms in total. The lowest BCUT2D eigenvalue weighted by Gasteiger charge is -2.14. The van der Waals surface area contributed by atoms with Gasteiger partial charge in [-0.15, -0.1) is 0 Å². The second kappa shape index (κ2) is 6.13. The fourth-order valence-corrected chi connectivity index (χ4v) is 2.04. The van der Waals surface area contributed by atoms with Gasteiger partial charge in [-0.3, -0.25) is 0 Å². The Labute approximate surface area is 113 Å². The molecule has 18 heavy (non-hydrogen) atoms. The van der Waals surface area contributed by atoms with Gasteiger partial charge in [-0.2, -0.15) is 0 Å². The third-order valence-corrected chi connectivity index (χ3v) is 3.39. The van der Waals surface area contributed by atoms with Crippen molar-refractivity contribution in [3.8, 4) is 0 Å². The molecular weight excluding hydrogens is 301 g/mol. The van der Waals surface area contributed by atoms with Crippen molar-refractivity contribution in [2.24, 2.45) is 0 Å². The zero-order valence-corrected chi connectivity index (χ0v) is 11.2. The Kier molecular flexibility index (Phi) is 4.52. The van der Waals surface area contributed by atoms with Crippen molar-refractivity contribution in [1.29, 1.82) is 0 Å². The number of rotatable bonds is 5. The van der Waals surface area contributed by atoms with Gasteiger partial charge in [-0.1, -0.05) is 15.9 Å². The van der Waals surface area contributed by atoms with E-state index in [4.69, 9.17) is 4.42 Å². The average molecular weight is 314 g/mol. The molecule has 0 saturated heterocycles. The molecule has 2 rings (SSSR count). The molecule has 0 radical (unpaired) electrons. The number of furan rings is 1. The van der Waals surface area contributed by atoms with Crippen LogP contribution in [0.5, 0.6) is 0 Å². The highest BCUT2D eigenvalue weighted by molar-refractivity contribution is 9.10. The van der Waals surface area contributed by atoms with E-state index >= 15 is 0 Å². The van der Waals surface area contributed by atoms with Crippen molar-refractivity contribution in [1.82, 2.24) is 5.32 Å². The van der Waals surface area contributed by atoms with Crippen LogP contribution in [0.25, 0.3) is 0 Å². The predicted octanol–water partition coefficient (Wildman–Crippen LogP) is 3.00. The van der Waals surface area contributed by atoms with Crippen molar-refractivity contribution in [3.63, 3.8) is 0 Å². The van der Waals surface area contributed by atoms with E-state index in [1.165, 1.54) is 12.1 Å². The number of nitrogens with one attached hydrogen (secondary N) is 1. The molecule has 0 bridgehead atoms. The number of hydrogen-bond donors (Lipinski definition) is 2. The molecule has 0 amide bonds. The second-order valence-corrected chi connectivity index (χ2v) is 4.72. The van der Waals surface area contributed by atoms with E-state index in [-0.39, 0.29) is 18.5 Å². The molecule has 1 aromatic carbocycles. The smallest absolute Gasteiger partial charge is 0.123 e. The van der Waals surface area contributed by atoms with Crippen LogP contribution < -0.4 is 5.32 Å². The van der Waals surface area contributed by atoms with E-state index < -0.39 is 0 Å². The fraction of sp³-hybridized carbons (Fsp3) is 0.231. The molecule has 0 aliphatic carbocycles. The Morgan fingerprint density at radius 2 is 2.22 bits per heavy atom. The van der Waals surface area contributed by atoms with Crippen molar-refractivity contribution in [3.05, 3.63) is 58.2 Å². The summed E-state index contributed by atoms with van der Waals surface area (Å²) in [5.41, 5.74) is 0.792. The molecule has 0 spiro atoms. The molecule has 2 aromatic rings. The maximum absolute atomic E-state index is 13.1. The minimum Gasteiger partial charge on any atom is -0.468 e.